The van der Waals surface area contributed by atoms with Crippen LogP contribution in [0.3, 0.4) is 0 Å². The molecule has 1 atom stereocenters. The van der Waals surface area contributed by atoms with Crippen molar-refractivity contribution in [1.29, 1.82) is 0 Å². The molecule has 3 heterocycles. The third-order valence-corrected chi connectivity index (χ3v) is 5.41. The first-order valence-corrected chi connectivity index (χ1v) is 8.98. The third-order valence-electron chi connectivity index (χ3n) is 4.58. The lowest BCUT2D eigenvalue weighted by Gasteiger charge is -2.37. The molecule has 3 aromatic rings. The Morgan fingerprint density at radius 3 is 2.75 bits per heavy atom. The summed E-state index contributed by atoms with van der Waals surface area (Å²) in [4.78, 5) is 28.9. The Hall–Kier alpha value is -2.25. The van der Waals surface area contributed by atoms with Crippen LogP contribution < -0.4 is 10.5 Å². The quantitative estimate of drug-likeness (QED) is 0.792. The fourth-order valence-electron chi connectivity index (χ4n) is 3.15. The largest absolute Gasteiger partial charge is 0.346 e. The van der Waals surface area contributed by atoms with Gasteiger partial charge < -0.3 is 9.88 Å². The van der Waals surface area contributed by atoms with Crippen LogP contribution in [0.2, 0.25) is 0 Å². The van der Waals surface area contributed by atoms with E-state index in [4.69, 9.17) is 0 Å². The number of thiazole rings is 1. The Kier molecular flexibility index (Phi) is 4.03. The van der Waals surface area contributed by atoms with Crippen LogP contribution in [0.25, 0.3) is 10.9 Å². The highest BCUT2D eigenvalue weighted by molar-refractivity contribution is 7.13. The van der Waals surface area contributed by atoms with E-state index in [9.17, 15) is 4.79 Å². The Balaban J connectivity index is 1.52. The molecule has 1 saturated heterocycles. The zero-order chi connectivity index (χ0) is 16.5. The number of hydrogen-bond donors (Lipinski definition) is 1. The normalized spacial score (nSPS) is 17.3. The molecule has 1 N–H and O–H groups in total. The zero-order valence-corrected chi connectivity index (χ0v) is 14.3. The van der Waals surface area contributed by atoms with E-state index in [-0.39, 0.29) is 11.6 Å². The van der Waals surface area contributed by atoms with Crippen molar-refractivity contribution in [3.8, 4) is 0 Å². The molecule has 4 rings (SSSR count). The van der Waals surface area contributed by atoms with Crippen molar-refractivity contribution in [2.24, 2.45) is 0 Å². The Morgan fingerprint density at radius 1 is 1.21 bits per heavy atom. The first kappa shape index (κ1) is 15.3. The van der Waals surface area contributed by atoms with E-state index in [1.807, 2.05) is 35.8 Å². The van der Waals surface area contributed by atoms with Gasteiger partial charge in [0, 0.05) is 37.8 Å². The van der Waals surface area contributed by atoms with Gasteiger partial charge in [0.05, 0.1) is 16.9 Å². The molecule has 1 fully saturated rings. The van der Waals surface area contributed by atoms with Crippen LogP contribution in [-0.2, 0) is 0 Å². The van der Waals surface area contributed by atoms with Crippen LogP contribution in [0.4, 0.5) is 5.13 Å². The minimum atomic E-state index is -0.0659. The molecule has 2 aromatic heterocycles. The molecule has 1 aliphatic heterocycles. The summed E-state index contributed by atoms with van der Waals surface area (Å²) in [6.45, 7) is 5.84. The van der Waals surface area contributed by atoms with Crippen LogP contribution in [0.1, 0.15) is 18.8 Å². The summed E-state index contributed by atoms with van der Waals surface area (Å²) in [5, 5.41) is 3.73. The van der Waals surface area contributed by atoms with Crippen molar-refractivity contribution in [3.05, 3.63) is 52.0 Å². The number of H-pyrrole nitrogens is 1. The highest BCUT2D eigenvalue weighted by atomic mass is 32.1. The highest BCUT2D eigenvalue weighted by Crippen LogP contribution is 2.23. The lowest BCUT2D eigenvalue weighted by Crippen LogP contribution is -2.47. The molecule has 0 amide bonds. The lowest BCUT2D eigenvalue weighted by molar-refractivity contribution is 0.191. The van der Waals surface area contributed by atoms with Crippen LogP contribution in [0.15, 0.2) is 40.6 Å². The minimum Gasteiger partial charge on any atom is -0.346 e. The number of anilines is 1. The molecule has 1 aliphatic rings. The molecule has 0 bridgehead atoms. The van der Waals surface area contributed by atoms with Crippen molar-refractivity contribution < 1.29 is 0 Å². The van der Waals surface area contributed by atoms with E-state index in [1.165, 1.54) is 0 Å². The number of para-hydroxylation sites is 1. The summed E-state index contributed by atoms with van der Waals surface area (Å²) in [6, 6.07) is 7.56. The molecule has 24 heavy (non-hydrogen) atoms. The molecule has 0 saturated carbocycles. The molecular formula is C17H19N5OS. The Labute approximate surface area is 143 Å². The van der Waals surface area contributed by atoms with Gasteiger partial charge in [-0.2, -0.15) is 0 Å². The number of rotatable bonds is 3. The monoisotopic (exact) mass is 341 g/mol. The Morgan fingerprint density at radius 2 is 2.00 bits per heavy atom. The molecule has 0 aliphatic carbocycles. The molecular weight excluding hydrogens is 322 g/mol. The first-order valence-electron chi connectivity index (χ1n) is 8.10. The molecule has 7 heteroatoms. The summed E-state index contributed by atoms with van der Waals surface area (Å²) >= 11 is 1.68. The SMILES string of the molecule is CC(c1nc2ccccc2c(=O)[nH]1)N1CCN(c2nccs2)CC1. The number of piperazine rings is 1. The zero-order valence-electron chi connectivity index (χ0n) is 13.5. The molecule has 124 valence electrons. The predicted molar refractivity (Wildman–Crippen MR) is 96.7 cm³/mol. The molecule has 6 nitrogen and oxygen atoms in total. The molecule has 0 radical (unpaired) electrons. The molecule has 1 unspecified atom stereocenters. The number of nitrogens with zero attached hydrogens (tertiary/aromatic N) is 4. The average molecular weight is 341 g/mol. The third kappa shape index (κ3) is 2.81. The maximum Gasteiger partial charge on any atom is 0.258 e. The Bertz CT molecular complexity index is 883. The van der Waals surface area contributed by atoms with E-state index in [0.717, 1.165) is 42.7 Å². The smallest absolute Gasteiger partial charge is 0.258 e. The van der Waals surface area contributed by atoms with Crippen molar-refractivity contribution in [2.75, 3.05) is 31.1 Å². The van der Waals surface area contributed by atoms with Gasteiger partial charge in [0.15, 0.2) is 5.13 Å². The second-order valence-electron chi connectivity index (χ2n) is 5.98. The van der Waals surface area contributed by atoms with Gasteiger partial charge in [-0.1, -0.05) is 12.1 Å². The van der Waals surface area contributed by atoms with Crippen molar-refractivity contribution in [3.63, 3.8) is 0 Å². The van der Waals surface area contributed by atoms with Gasteiger partial charge in [-0.05, 0) is 19.1 Å². The number of hydrogen-bond acceptors (Lipinski definition) is 6. The fourth-order valence-corrected chi connectivity index (χ4v) is 3.84. The highest BCUT2D eigenvalue weighted by Gasteiger charge is 2.24. The first-order chi connectivity index (χ1) is 11.7. The number of nitrogens with one attached hydrogen (secondary N) is 1. The summed E-state index contributed by atoms with van der Waals surface area (Å²) in [5.41, 5.74) is 0.688. The van der Waals surface area contributed by atoms with Gasteiger partial charge in [0.1, 0.15) is 5.82 Å². The number of aromatic nitrogens is 3. The maximum atomic E-state index is 12.3. The van der Waals surface area contributed by atoms with Gasteiger partial charge in [-0.25, -0.2) is 9.97 Å². The van der Waals surface area contributed by atoms with Crippen LogP contribution in [-0.4, -0.2) is 46.0 Å². The van der Waals surface area contributed by atoms with E-state index < -0.39 is 0 Å². The van der Waals surface area contributed by atoms with E-state index >= 15 is 0 Å². The summed E-state index contributed by atoms with van der Waals surface area (Å²) in [6.07, 6.45) is 1.85. The number of benzene rings is 1. The van der Waals surface area contributed by atoms with Gasteiger partial charge >= 0.3 is 0 Å². The van der Waals surface area contributed by atoms with Crippen LogP contribution >= 0.6 is 11.3 Å². The van der Waals surface area contributed by atoms with Crippen molar-refractivity contribution in [2.45, 2.75) is 13.0 Å². The second kappa shape index (κ2) is 6.33. The summed E-state index contributed by atoms with van der Waals surface area (Å²) in [5.74, 6) is 0.737. The number of fused-ring (bicyclic) bond motifs is 1. The average Bonchev–Trinajstić information content (AvgIpc) is 3.16. The van der Waals surface area contributed by atoms with E-state index in [1.54, 1.807) is 11.3 Å². The van der Waals surface area contributed by atoms with Crippen LogP contribution in [0, 0.1) is 0 Å². The standard InChI is InChI=1S/C17H19N5OS/c1-12(15-19-14-5-3-2-4-13(14)16(23)20-15)21-7-9-22(10-8-21)17-18-6-11-24-17/h2-6,11-12H,7-10H2,1H3,(H,19,20,23). The van der Waals surface area contributed by atoms with Crippen LogP contribution in [0.5, 0.6) is 0 Å². The van der Waals surface area contributed by atoms with Crippen molar-refractivity contribution in [1.82, 2.24) is 19.9 Å². The lowest BCUT2D eigenvalue weighted by atomic mass is 10.2. The van der Waals surface area contributed by atoms with Gasteiger partial charge in [0.25, 0.3) is 5.56 Å². The van der Waals surface area contributed by atoms with E-state index in [0.29, 0.717) is 5.39 Å². The van der Waals surface area contributed by atoms with Gasteiger partial charge in [-0.15, -0.1) is 11.3 Å². The van der Waals surface area contributed by atoms with Gasteiger partial charge in [-0.3, -0.25) is 9.69 Å². The molecule has 1 aromatic carbocycles. The van der Waals surface area contributed by atoms with E-state index in [2.05, 4.69) is 31.7 Å². The predicted octanol–water partition coefficient (Wildman–Crippen LogP) is 2.26. The minimum absolute atomic E-state index is 0.0659. The second-order valence-corrected chi connectivity index (χ2v) is 6.86. The maximum absolute atomic E-state index is 12.3. The van der Waals surface area contributed by atoms with Crippen molar-refractivity contribution >= 4 is 27.4 Å². The fraction of sp³-hybridized carbons (Fsp3) is 0.353. The number of aromatic amines is 1. The topological polar surface area (TPSA) is 65.1 Å². The summed E-state index contributed by atoms with van der Waals surface area (Å²) in [7, 11) is 0. The van der Waals surface area contributed by atoms with Gasteiger partial charge in [0.2, 0.25) is 0 Å². The molecule has 0 spiro atoms. The summed E-state index contributed by atoms with van der Waals surface area (Å²) < 4.78 is 0.